The van der Waals surface area contributed by atoms with Gasteiger partial charge in [-0.1, -0.05) is 32.3 Å². The van der Waals surface area contributed by atoms with Crippen LogP contribution in [0.4, 0.5) is 5.69 Å². The number of hydrogen-bond donors (Lipinski definition) is 2. The van der Waals surface area contributed by atoms with Crippen LogP contribution in [0.25, 0.3) is 0 Å². The Balaban J connectivity index is 1.87. The lowest BCUT2D eigenvalue weighted by atomic mass is 10.1. The maximum Gasteiger partial charge on any atom is 0.266 e. The lowest BCUT2D eigenvalue weighted by Gasteiger charge is -2.23. The van der Waals surface area contributed by atoms with Gasteiger partial charge in [0.05, 0.1) is 11.7 Å². The van der Waals surface area contributed by atoms with Crippen molar-refractivity contribution in [2.75, 3.05) is 5.32 Å². The quantitative estimate of drug-likeness (QED) is 0.895. The maximum absolute atomic E-state index is 12.5. The van der Waals surface area contributed by atoms with E-state index in [1.807, 2.05) is 12.1 Å². The van der Waals surface area contributed by atoms with Crippen molar-refractivity contribution in [1.29, 1.82) is 0 Å². The Kier molecular flexibility index (Phi) is 4.38. The summed E-state index contributed by atoms with van der Waals surface area (Å²) in [6.45, 7) is 2.13. The molecule has 0 radical (unpaired) electrons. The third kappa shape index (κ3) is 3.27. The van der Waals surface area contributed by atoms with Crippen LogP contribution in [0.2, 0.25) is 0 Å². The fraction of sp³-hybridized carbons (Fsp3) is 0.562. The minimum atomic E-state index is -3.52. The molecule has 120 valence electrons. The second kappa shape index (κ2) is 6.28. The second-order valence-corrected chi connectivity index (χ2v) is 7.73. The summed E-state index contributed by atoms with van der Waals surface area (Å²) < 4.78 is 27.5. The fourth-order valence-electron chi connectivity index (χ4n) is 3.04. The lowest BCUT2D eigenvalue weighted by Crippen LogP contribution is -2.41. The number of sulfonamides is 1. The van der Waals surface area contributed by atoms with Gasteiger partial charge in [0.1, 0.15) is 4.90 Å². The van der Waals surface area contributed by atoms with Crippen LogP contribution in [0, 0.1) is 0 Å². The average molecular weight is 321 g/mol. The van der Waals surface area contributed by atoms with Gasteiger partial charge in [0, 0.05) is 0 Å². The Morgan fingerprint density at radius 1 is 1.27 bits per heavy atom. The largest absolute Gasteiger partial charge is 0.324 e. The highest BCUT2D eigenvalue weighted by Crippen LogP contribution is 2.27. The van der Waals surface area contributed by atoms with Gasteiger partial charge in [0.25, 0.3) is 10.0 Å². The van der Waals surface area contributed by atoms with E-state index in [0.29, 0.717) is 16.5 Å². The molecule has 1 aliphatic heterocycles. The van der Waals surface area contributed by atoms with E-state index < -0.39 is 10.0 Å². The molecular formula is C16H23N3O2S. The minimum absolute atomic E-state index is 0.232. The Bertz CT molecular complexity index is 677. The molecule has 1 aromatic carbocycles. The standard InChI is InChI=1S/C16H23N3O2S/c1-2-3-6-12-9-10-14-15(11-12)22(20,21)19-16(18-14)17-13-7-4-5-8-13/h9-11,13H,2-8H2,1H3,(H2,17,18,19). The van der Waals surface area contributed by atoms with Crippen LogP contribution in [-0.4, -0.2) is 20.4 Å². The van der Waals surface area contributed by atoms with Crippen molar-refractivity contribution in [2.45, 2.75) is 62.8 Å². The number of anilines is 1. The first kappa shape index (κ1) is 15.3. The zero-order chi connectivity index (χ0) is 15.6. The van der Waals surface area contributed by atoms with Gasteiger partial charge in [-0.2, -0.15) is 0 Å². The SMILES string of the molecule is CCCCc1ccc2c(c1)S(=O)(=O)NC(=NC1CCCC1)N2. The molecule has 22 heavy (non-hydrogen) atoms. The first-order valence-corrected chi connectivity index (χ1v) is 9.57. The van der Waals surface area contributed by atoms with Crippen LogP contribution >= 0.6 is 0 Å². The van der Waals surface area contributed by atoms with Crippen molar-refractivity contribution >= 4 is 21.7 Å². The van der Waals surface area contributed by atoms with E-state index in [0.717, 1.165) is 37.7 Å². The fourth-order valence-corrected chi connectivity index (χ4v) is 4.22. The predicted octanol–water partition coefficient (Wildman–Crippen LogP) is 3.03. The van der Waals surface area contributed by atoms with Crippen LogP contribution < -0.4 is 10.0 Å². The number of nitrogens with zero attached hydrogens (tertiary/aromatic N) is 1. The topological polar surface area (TPSA) is 70.6 Å². The molecule has 0 unspecified atom stereocenters. The average Bonchev–Trinajstić information content (AvgIpc) is 2.97. The van der Waals surface area contributed by atoms with Crippen LogP contribution in [0.3, 0.4) is 0 Å². The van der Waals surface area contributed by atoms with E-state index in [4.69, 9.17) is 0 Å². The number of rotatable bonds is 4. The van der Waals surface area contributed by atoms with Crippen molar-refractivity contribution in [3.63, 3.8) is 0 Å². The number of aryl methyl sites for hydroxylation is 1. The summed E-state index contributed by atoms with van der Waals surface area (Å²) in [6, 6.07) is 5.85. The Hall–Kier alpha value is -1.56. The number of guanidine groups is 1. The molecular weight excluding hydrogens is 298 g/mol. The summed E-state index contributed by atoms with van der Waals surface area (Å²) in [7, 11) is -3.52. The monoisotopic (exact) mass is 321 g/mol. The van der Waals surface area contributed by atoms with Gasteiger partial charge in [0.2, 0.25) is 5.96 Å². The van der Waals surface area contributed by atoms with Gasteiger partial charge in [0.15, 0.2) is 0 Å². The summed E-state index contributed by atoms with van der Waals surface area (Å²) in [6.07, 6.45) is 7.48. The number of benzene rings is 1. The molecule has 1 saturated carbocycles. The molecule has 0 amide bonds. The van der Waals surface area contributed by atoms with Crippen molar-refractivity contribution in [1.82, 2.24) is 4.72 Å². The summed E-state index contributed by atoms with van der Waals surface area (Å²) in [5.41, 5.74) is 1.68. The number of aliphatic imine (C=N–C) groups is 1. The van der Waals surface area contributed by atoms with Crippen molar-refractivity contribution in [3.8, 4) is 0 Å². The second-order valence-electron chi connectivity index (χ2n) is 6.08. The summed E-state index contributed by atoms with van der Waals surface area (Å²) in [5, 5.41) is 3.12. The summed E-state index contributed by atoms with van der Waals surface area (Å²) in [5.74, 6) is 0.362. The number of unbranched alkanes of at least 4 members (excludes halogenated alkanes) is 1. The first-order valence-electron chi connectivity index (χ1n) is 8.09. The Labute approximate surface area is 132 Å². The van der Waals surface area contributed by atoms with E-state index in [9.17, 15) is 8.42 Å². The molecule has 5 nitrogen and oxygen atoms in total. The number of hydrogen-bond acceptors (Lipinski definition) is 3. The number of nitrogens with one attached hydrogen (secondary N) is 2. The van der Waals surface area contributed by atoms with Crippen molar-refractivity contribution in [3.05, 3.63) is 23.8 Å². The maximum atomic E-state index is 12.5. The highest BCUT2D eigenvalue weighted by atomic mass is 32.2. The van der Waals surface area contributed by atoms with Gasteiger partial charge in [-0.3, -0.25) is 0 Å². The summed E-state index contributed by atoms with van der Waals surface area (Å²) >= 11 is 0. The third-order valence-electron chi connectivity index (χ3n) is 4.28. The van der Waals surface area contributed by atoms with Crippen molar-refractivity contribution < 1.29 is 8.42 Å². The molecule has 2 aliphatic rings. The van der Waals surface area contributed by atoms with Gasteiger partial charge in [-0.15, -0.1) is 0 Å². The minimum Gasteiger partial charge on any atom is -0.324 e. The molecule has 0 saturated heterocycles. The molecule has 0 bridgehead atoms. The highest BCUT2D eigenvalue weighted by Gasteiger charge is 2.27. The lowest BCUT2D eigenvalue weighted by molar-refractivity contribution is 0.591. The molecule has 6 heteroatoms. The molecule has 0 spiro atoms. The van der Waals surface area contributed by atoms with Gasteiger partial charge < -0.3 is 5.32 Å². The smallest absolute Gasteiger partial charge is 0.266 e. The molecule has 1 aliphatic carbocycles. The molecule has 3 rings (SSSR count). The van der Waals surface area contributed by atoms with E-state index in [1.165, 1.54) is 12.8 Å². The zero-order valence-corrected chi connectivity index (χ0v) is 13.7. The number of fused-ring (bicyclic) bond motifs is 1. The highest BCUT2D eigenvalue weighted by molar-refractivity contribution is 7.90. The van der Waals surface area contributed by atoms with E-state index >= 15 is 0 Å². The first-order chi connectivity index (χ1) is 10.6. The van der Waals surface area contributed by atoms with E-state index in [2.05, 4.69) is 22.0 Å². The predicted molar refractivity (Wildman–Crippen MR) is 88.7 cm³/mol. The van der Waals surface area contributed by atoms with E-state index in [1.54, 1.807) is 6.07 Å². The molecule has 1 heterocycles. The molecule has 0 aromatic heterocycles. The van der Waals surface area contributed by atoms with E-state index in [-0.39, 0.29) is 6.04 Å². The molecule has 2 N–H and O–H groups in total. The normalized spacial score (nSPS) is 22.1. The van der Waals surface area contributed by atoms with Crippen LogP contribution in [-0.2, 0) is 16.4 Å². The van der Waals surface area contributed by atoms with Crippen molar-refractivity contribution in [2.24, 2.45) is 4.99 Å². The summed E-state index contributed by atoms with van der Waals surface area (Å²) in [4.78, 5) is 4.84. The van der Waals surface area contributed by atoms with Crippen LogP contribution in [0.15, 0.2) is 28.1 Å². The Morgan fingerprint density at radius 2 is 2.05 bits per heavy atom. The van der Waals surface area contributed by atoms with Gasteiger partial charge in [-0.25, -0.2) is 18.1 Å². The third-order valence-corrected chi connectivity index (χ3v) is 5.65. The van der Waals surface area contributed by atoms with Gasteiger partial charge in [-0.05, 0) is 43.4 Å². The van der Waals surface area contributed by atoms with Crippen LogP contribution in [0.5, 0.6) is 0 Å². The molecule has 0 atom stereocenters. The van der Waals surface area contributed by atoms with Crippen LogP contribution in [0.1, 0.15) is 51.0 Å². The Morgan fingerprint density at radius 3 is 2.77 bits per heavy atom. The zero-order valence-electron chi connectivity index (χ0n) is 12.9. The van der Waals surface area contributed by atoms with Gasteiger partial charge >= 0.3 is 0 Å². The molecule has 1 fully saturated rings. The molecule has 1 aromatic rings.